The molecule has 18 heavy (non-hydrogen) atoms. The van der Waals surface area contributed by atoms with Crippen LogP contribution in [-0.4, -0.2) is 29.2 Å². The highest BCUT2D eigenvalue weighted by Crippen LogP contribution is 2.32. The number of carbonyl (C=O) groups excluding carboxylic acids is 1. The first-order valence-corrected chi connectivity index (χ1v) is 5.80. The van der Waals surface area contributed by atoms with Gasteiger partial charge in [-0.05, 0) is 19.8 Å². The summed E-state index contributed by atoms with van der Waals surface area (Å²) in [7, 11) is 0. The van der Waals surface area contributed by atoms with Gasteiger partial charge in [-0.3, -0.25) is 9.59 Å². The van der Waals surface area contributed by atoms with Gasteiger partial charge in [-0.25, -0.2) is 0 Å². The Morgan fingerprint density at radius 1 is 1.33 bits per heavy atom. The summed E-state index contributed by atoms with van der Waals surface area (Å²) in [5, 5.41) is 11.1. The fourth-order valence-corrected chi connectivity index (χ4v) is 2.32. The Labute approximate surface area is 103 Å². The number of hydrogen-bond donors (Lipinski definition) is 2. The molecule has 1 fully saturated rings. The number of alkyl halides is 3. The van der Waals surface area contributed by atoms with Gasteiger partial charge >= 0.3 is 12.1 Å². The van der Waals surface area contributed by atoms with Crippen molar-refractivity contribution < 1.29 is 27.9 Å². The molecular weight excluding hydrogens is 251 g/mol. The molecule has 0 radical (unpaired) electrons. The number of hydrogen-bond acceptors (Lipinski definition) is 2. The predicted octanol–water partition coefficient (Wildman–Crippen LogP) is 1.94. The fraction of sp³-hybridized carbons (Fsp3) is 0.818. The number of amides is 1. The lowest BCUT2D eigenvalue weighted by Crippen LogP contribution is -2.41. The van der Waals surface area contributed by atoms with Crippen LogP contribution in [0.1, 0.15) is 32.6 Å². The molecule has 7 heteroatoms. The van der Waals surface area contributed by atoms with E-state index in [1.165, 1.54) is 6.92 Å². The van der Waals surface area contributed by atoms with Crippen LogP contribution in [0.2, 0.25) is 0 Å². The molecule has 0 aromatic heterocycles. The van der Waals surface area contributed by atoms with Crippen molar-refractivity contribution in [2.24, 2.45) is 11.8 Å². The lowest BCUT2D eigenvalue weighted by molar-refractivity contribution is -0.148. The first-order chi connectivity index (χ1) is 8.20. The van der Waals surface area contributed by atoms with Crippen molar-refractivity contribution in [2.45, 2.75) is 44.8 Å². The number of halogens is 3. The lowest BCUT2D eigenvalue weighted by atomic mass is 9.95. The van der Waals surface area contributed by atoms with Gasteiger partial charge in [0.05, 0.1) is 18.3 Å². The van der Waals surface area contributed by atoms with Gasteiger partial charge in [0, 0.05) is 6.04 Å². The Balaban J connectivity index is 2.52. The van der Waals surface area contributed by atoms with Gasteiger partial charge in [0.15, 0.2) is 0 Å². The molecule has 3 atom stereocenters. The van der Waals surface area contributed by atoms with E-state index in [2.05, 4.69) is 5.32 Å². The van der Waals surface area contributed by atoms with Crippen molar-refractivity contribution in [1.29, 1.82) is 0 Å². The van der Waals surface area contributed by atoms with Crippen molar-refractivity contribution in [1.82, 2.24) is 5.32 Å². The molecule has 0 aliphatic heterocycles. The zero-order chi connectivity index (χ0) is 13.9. The number of carboxylic acid groups (broad SMARTS) is 1. The summed E-state index contributed by atoms with van der Waals surface area (Å²) in [4.78, 5) is 22.6. The van der Waals surface area contributed by atoms with Crippen LogP contribution in [0.25, 0.3) is 0 Å². The standard InChI is InChI=1S/C11H16F3NO3/c1-6(5-11(12,13)14)15-9(16)7-3-2-4-8(7)10(17)18/h6-8H,2-5H2,1H3,(H,15,16)(H,17,18)/t6?,7-,8+/m1/s1. The van der Waals surface area contributed by atoms with E-state index in [0.717, 1.165) is 0 Å². The van der Waals surface area contributed by atoms with Crippen molar-refractivity contribution in [3.05, 3.63) is 0 Å². The minimum absolute atomic E-state index is 0.404. The molecule has 104 valence electrons. The Morgan fingerprint density at radius 2 is 1.89 bits per heavy atom. The SMILES string of the molecule is CC(CC(F)(F)F)NC(=O)[C@@H]1CCC[C@@H]1C(=O)O. The maximum atomic E-state index is 12.1. The van der Waals surface area contributed by atoms with E-state index in [1.54, 1.807) is 0 Å². The molecule has 0 saturated heterocycles. The smallest absolute Gasteiger partial charge is 0.391 e. The van der Waals surface area contributed by atoms with Crippen LogP contribution in [0.5, 0.6) is 0 Å². The highest BCUT2D eigenvalue weighted by Gasteiger charge is 2.39. The van der Waals surface area contributed by atoms with E-state index in [9.17, 15) is 22.8 Å². The molecule has 2 N–H and O–H groups in total. The molecule has 1 saturated carbocycles. The first kappa shape index (κ1) is 14.8. The molecule has 1 aliphatic rings. The number of aliphatic carboxylic acids is 1. The molecule has 0 aromatic carbocycles. The minimum atomic E-state index is -4.34. The summed E-state index contributed by atoms with van der Waals surface area (Å²) >= 11 is 0. The summed E-state index contributed by atoms with van der Waals surface area (Å²) < 4.78 is 36.3. The zero-order valence-corrected chi connectivity index (χ0v) is 9.96. The van der Waals surface area contributed by atoms with E-state index in [-0.39, 0.29) is 0 Å². The Bertz CT molecular complexity index is 330. The van der Waals surface area contributed by atoms with E-state index in [0.29, 0.717) is 19.3 Å². The van der Waals surface area contributed by atoms with E-state index < -0.39 is 42.4 Å². The number of carbonyl (C=O) groups is 2. The van der Waals surface area contributed by atoms with Gasteiger partial charge < -0.3 is 10.4 Å². The van der Waals surface area contributed by atoms with Gasteiger partial charge in [-0.2, -0.15) is 13.2 Å². The van der Waals surface area contributed by atoms with Crippen molar-refractivity contribution in [3.8, 4) is 0 Å². The van der Waals surface area contributed by atoms with Gasteiger partial charge in [0.1, 0.15) is 0 Å². The highest BCUT2D eigenvalue weighted by molar-refractivity contribution is 5.85. The van der Waals surface area contributed by atoms with Gasteiger partial charge in [-0.15, -0.1) is 0 Å². The summed E-state index contributed by atoms with van der Waals surface area (Å²) in [6.45, 7) is 1.26. The third-order valence-corrected chi connectivity index (χ3v) is 3.10. The Hall–Kier alpha value is -1.27. The van der Waals surface area contributed by atoms with Crippen LogP contribution in [0, 0.1) is 11.8 Å². The van der Waals surface area contributed by atoms with E-state index in [1.807, 2.05) is 0 Å². The third kappa shape index (κ3) is 4.19. The van der Waals surface area contributed by atoms with Crippen molar-refractivity contribution >= 4 is 11.9 Å². The maximum Gasteiger partial charge on any atom is 0.391 e. The van der Waals surface area contributed by atoms with Crippen LogP contribution in [0.3, 0.4) is 0 Å². The average molecular weight is 267 g/mol. The summed E-state index contributed by atoms with van der Waals surface area (Å²) in [5.74, 6) is -3.13. The maximum absolute atomic E-state index is 12.1. The molecule has 1 amide bonds. The molecular formula is C11H16F3NO3. The second-order valence-electron chi connectivity index (χ2n) is 4.71. The molecule has 0 heterocycles. The molecule has 4 nitrogen and oxygen atoms in total. The van der Waals surface area contributed by atoms with Crippen LogP contribution in [0.4, 0.5) is 13.2 Å². The predicted molar refractivity (Wildman–Crippen MR) is 56.7 cm³/mol. The summed E-state index contributed by atoms with van der Waals surface area (Å²) in [6, 6.07) is -1.03. The largest absolute Gasteiger partial charge is 0.481 e. The molecule has 0 aromatic rings. The third-order valence-electron chi connectivity index (χ3n) is 3.10. The molecule has 0 bridgehead atoms. The first-order valence-electron chi connectivity index (χ1n) is 5.80. The topological polar surface area (TPSA) is 66.4 Å². The van der Waals surface area contributed by atoms with Crippen LogP contribution >= 0.6 is 0 Å². The van der Waals surface area contributed by atoms with E-state index >= 15 is 0 Å². The van der Waals surface area contributed by atoms with E-state index in [4.69, 9.17) is 5.11 Å². The van der Waals surface area contributed by atoms with Gasteiger partial charge in [0.2, 0.25) is 5.91 Å². The summed E-state index contributed by atoms with van der Waals surface area (Å²) in [6.07, 6.45) is -4.01. The number of nitrogens with one attached hydrogen (secondary N) is 1. The number of carboxylic acids is 1. The quantitative estimate of drug-likeness (QED) is 0.818. The zero-order valence-electron chi connectivity index (χ0n) is 9.96. The van der Waals surface area contributed by atoms with Crippen molar-refractivity contribution in [2.75, 3.05) is 0 Å². The second kappa shape index (κ2) is 5.58. The second-order valence-corrected chi connectivity index (χ2v) is 4.71. The fourth-order valence-electron chi connectivity index (χ4n) is 2.32. The van der Waals surface area contributed by atoms with Crippen molar-refractivity contribution in [3.63, 3.8) is 0 Å². The number of rotatable bonds is 4. The Kier molecular flexibility index (Phi) is 4.59. The molecule has 1 unspecified atom stereocenters. The van der Waals surface area contributed by atoms with Crippen LogP contribution < -0.4 is 5.32 Å². The monoisotopic (exact) mass is 267 g/mol. The average Bonchev–Trinajstić information content (AvgIpc) is 2.61. The summed E-state index contributed by atoms with van der Waals surface area (Å²) in [5.41, 5.74) is 0. The molecule has 0 spiro atoms. The van der Waals surface area contributed by atoms with Crippen LogP contribution in [0.15, 0.2) is 0 Å². The Morgan fingerprint density at radius 3 is 2.39 bits per heavy atom. The lowest BCUT2D eigenvalue weighted by Gasteiger charge is -2.20. The normalized spacial score (nSPS) is 25.8. The molecule has 1 aliphatic carbocycles. The highest BCUT2D eigenvalue weighted by atomic mass is 19.4. The van der Waals surface area contributed by atoms with Gasteiger partial charge in [-0.1, -0.05) is 6.42 Å². The minimum Gasteiger partial charge on any atom is -0.481 e. The van der Waals surface area contributed by atoms with Gasteiger partial charge in [0.25, 0.3) is 0 Å². The van der Waals surface area contributed by atoms with Crippen LogP contribution in [-0.2, 0) is 9.59 Å². The molecule has 1 rings (SSSR count).